The molecule has 4 bridgehead atoms. The Balaban J connectivity index is 1.52. The molecule has 4 N–H and O–H groups in total. The lowest BCUT2D eigenvalue weighted by atomic mass is 10.2. The SMILES string of the molecule is O=S1(=O)NCCCNc2nc(ncc2CCNS(=O)(=O)c2ccccc2)Nc2cccc1c2. The summed E-state index contributed by atoms with van der Waals surface area (Å²) in [6, 6.07) is 14.6. The fourth-order valence-electron chi connectivity index (χ4n) is 3.26. The van der Waals surface area contributed by atoms with Gasteiger partial charge < -0.3 is 10.6 Å². The second-order valence-electron chi connectivity index (χ2n) is 7.36. The van der Waals surface area contributed by atoms with Crippen LogP contribution in [0.2, 0.25) is 0 Å². The Hall–Kier alpha value is -3.06. The van der Waals surface area contributed by atoms with E-state index >= 15 is 0 Å². The lowest BCUT2D eigenvalue weighted by Gasteiger charge is -2.13. The first-order chi connectivity index (χ1) is 15.8. The summed E-state index contributed by atoms with van der Waals surface area (Å²) in [4.78, 5) is 9.20. The fraction of sp³-hybridized carbons (Fsp3) is 0.238. The molecule has 1 aromatic heterocycles. The summed E-state index contributed by atoms with van der Waals surface area (Å²) < 4.78 is 55.0. The molecular weight excluding hydrogens is 464 g/mol. The minimum absolute atomic E-state index is 0.155. The molecule has 174 valence electrons. The van der Waals surface area contributed by atoms with Gasteiger partial charge in [0.05, 0.1) is 9.79 Å². The Morgan fingerprint density at radius 2 is 1.85 bits per heavy atom. The van der Waals surface area contributed by atoms with Gasteiger partial charge in [0.2, 0.25) is 26.0 Å². The first-order valence-corrected chi connectivity index (χ1v) is 13.3. The largest absolute Gasteiger partial charge is 0.370 e. The van der Waals surface area contributed by atoms with E-state index in [0.29, 0.717) is 36.8 Å². The topological polar surface area (TPSA) is 142 Å². The molecule has 10 nitrogen and oxygen atoms in total. The van der Waals surface area contributed by atoms with E-state index in [9.17, 15) is 16.8 Å². The third-order valence-electron chi connectivity index (χ3n) is 4.94. The third-order valence-corrected chi connectivity index (χ3v) is 7.88. The molecule has 33 heavy (non-hydrogen) atoms. The Kier molecular flexibility index (Phi) is 6.88. The number of nitrogens with one attached hydrogen (secondary N) is 4. The van der Waals surface area contributed by atoms with Gasteiger partial charge in [0.1, 0.15) is 5.82 Å². The van der Waals surface area contributed by atoms with Crippen LogP contribution in [0.4, 0.5) is 17.5 Å². The maximum Gasteiger partial charge on any atom is 0.240 e. The molecule has 2 heterocycles. The Bertz CT molecular complexity index is 1330. The number of rotatable bonds is 5. The summed E-state index contributed by atoms with van der Waals surface area (Å²) >= 11 is 0. The summed E-state index contributed by atoms with van der Waals surface area (Å²) in [5.41, 5.74) is 1.27. The molecule has 0 aliphatic carbocycles. The predicted octanol–water partition coefficient (Wildman–Crippen LogP) is 1.84. The predicted molar refractivity (Wildman–Crippen MR) is 125 cm³/mol. The second kappa shape index (κ2) is 9.83. The molecule has 4 rings (SSSR count). The number of hydrogen-bond acceptors (Lipinski definition) is 8. The lowest BCUT2D eigenvalue weighted by molar-refractivity contribution is 0.578. The van der Waals surface area contributed by atoms with E-state index in [-0.39, 0.29) is 22.9 Å². The van der Waals surface area contributed by atoms with E-state index in [1.165, 1.54) is 24.3 Å². The molecule has 1 aliphatic rings. The number of anilines is 3. The van der Waals surface area contributed by atoms with Gasteiger partial charge in [0, 0.05) is 37.1 Å². The van der Waals surface area contributed by atoms with Gasteiger partial charge in [-0.25, -0.2) is 31.3 Å². The summed E-state index contributed by atoms with van der Waals surface area (Å²) in [6.07, 6.45) is 2.54. The van der Waals surface area contributed by atoms with Crippen molar-refractivity contribution in [2.24, 2.45) is 0 Å². The standard InChI is InChI=1S/C21H24N6O4S2/c28-32(29,18-7-2-1-3-8-18)25-13-10-16-15-23-21-26-17-6-4-9-19(14-17)33(30,31)24-12-5-11-22-20(16)27-21/h1-4,6-9,14-15,24-25H,5,10-13H2,(H2,22,23,26,27). The minimum atomic E-state index is -3.62. The van der Waals surface area contributed by atoms with Gasteiger partial charge in [0.25, 0.3) is 0 Å². The number of aromatic nitrogens is 2. The maximum atomic E-state index is 12.5. The zero-order valence-corrected chi connectivity index (χ0v) is 19.3. The molecule has 0 amide bonds. The van der Waals surface area contributed by atoms with Crippen LogP contribution in [-0.2, 0) is 26.5 Å². The number of nitrogens with zero attached hydrogens (tertiary/aromatic N) is 2. The second-order valence-corrected chi connectivity index (χ2v) is 10.9. The van der Waals surface area contributed by atoms with E-state index in [0.717, 1.165) is 5.56 Å². The monoisotopic (exact) mass is 488 g/mol. The molecule has 2 aromatic carbocycles. The van der Waals surface area contributed by atoms with Crippen LogP contribution >= 0.6 is 0 Å². The summed E-state index contributed by atoms with van der Waals surface area (Å²) in [7, 11) is -7.23. The molecule has 0 radical (unpaired) electrons. The van der Waals surface area contributed by atoms with Gasteiger partial charge in [-0.3, -0.25) is 0 Å². The van der Waals surface area contributed by atoms with Crippen LogP contribution in [0.5, 0.6) is 0 Å². The van der Waals surface area contributed by atoms with Crippen molar-refractivity contribution in [1.82, 2.24) is 19.4 Å². The van der Waals surface area contributed by atoms with Crippen molar-refractivity contribution >= 4 is 37.5 Å². The molecule has 12 heteroatoms. The van der Waals surface area contributed by atoms with E-state index in [1.807, 2.05) is 0 Å². The zero-order valence-electron chi connectivity index (χ0n) is 17.7. The highest BCUT2D eigenvalue weighted by molar-refractivity contribution is 7.89. The van der Waals surface area contributed by atoms with Crippen LogP contribution < -0.4 is 20.1 Å². The highest BCUT2D eigenvalue weighted by Gasteiger charge is 2.16. The van der Waals surface area contributed by atoms with Crippen LogP contribution in [0, 0.1) is 0 Å². The molecule has 1 aliphatic heterocycles. The lowest BCUT2D eigenvalue weighted by Crippen LogP contribution is -2.27. The quantitative estimate of drug-likeness (QED) is 0.426. The number of benzene rings is 2. The van der Waals surface area contributed by atoms with Gasteiger partial charge in [-0.1, -0.05) is 24.3 Å². The maximum absolute atomic E-state index is 12.5. The normalized spacial score (nSPS) is 15.8. The molecule has 0 saturated heterocycles. The van der Waals surface area contributed by atoms with Crippen molar-refractivity contribution in [3.63, 3.8) is 0 Å². The zero-order chi connectivity index (χ0) is 23.3. The van der Waals surface area contributed by atoms with Crippen LogP contribution in [0.1, 0.15) is 12.0 Å². The summed E-state index contributed by atoms with van der Waals surface area (Å²) in [6.45, 7) is 0.903. The number of fused-ring (bicyclic) bond motifs is 4. The summed E-state index contributed by atoms with van der Waals surface area (Å²) in [5.74, 6) is 0.859. The van der Waals surface area contributed by atoms with Gasteiger partial charge >= 0.3 is 0 Å². The molecule has 0 atom stereocenters. The minimum Gasteiger partial charge on any atom is -0.370 e. The first kappa shape index (κ1) is 23.1. The Morgan fingerprint density at radius 1 is 1.03 bits per heavy atom. The van der Waals surface area contributed by atoms with Gasteiger partial charge in [0.15, 0.2) is 0 Å². The Morgan fingerprint density at radius 3 is 2.67 bits per heavy atom. The van der Waals surface area contributed by atoms with E-state index < -0.39 is 20.0 Å². The van der Waals surface area contributed by atoms with E-state index in [1.54, 1.807) is 36.5 Å². The average molecular weight is 489 g/mol. The van der Waals surface area contributed by atoms with Gasteiger partial charge in [-0.05, 0) is 43.2 Å². The summed E-state index contributed by atoms with van der Waals surface area (Å²) in [5, 5.41) is 6.23. The molecule has 0 spiro atoms. The van der Waals surface area contributed by atoms with Crippen LogP contribution in [0.3, 0.4) is 0 Å². The van der Waals surface area contributed by atoms with Crippen molar-refractivity contribution in [2.45, 2.75) is 22.6 Å². The number of sulfonamides is 2. The highest BCUT2D eigenvalue weighted by atomic mass is 32.2. The van der Waals surface area contributed by atoms with Crippen LogP contribution in [-0.4, -0.2) is 46.4 Å². The molecule has 0 unspecified atom stereocenters. The van der Waals surface area contributed by atoms with Gasteiger partial charge in [-0.2, -0.15) is 4.98 Å². The Labute approximate surface area is 193 Å². The smallest absolute Gasteiger partial charge is 0.240 e. The first-order valence-electron chi connectivity index (χ1n) is 10.3. The average Bonchev–Trinajstić information content (AvgIpc) is 2.81. The number of hydrogen-bond donors (Lipinski definition) is 4. The van der Waals surface area contributed by atoms with Crippen LogP contribution in [0.25, 0.3) is 0 Å². The van der Waals surface area contributed by atoms with Crippen molar-refractivity contribution in [1.29, 1.82) is 0 Å². The fourth-order valence-corrected chi connectivity index (χ4v) is 5.43. The molecule has 0 saturated carbocycles. The molecular formula is C21H24N6O4S2. The third kappa shape index (κ3) is 5.85. The van der Waals surface area contributed by atoms with Crippen molar-refractivity contribution < 1.29 is 16.8 Å². The van der Waals surface area contributed by atoms with Crippen LogP contribution in [0.15, 0.2) is 70.6 Å². The van der Waals surface area contributed by atoms with E-state index in [4.69, 9.17) is 0 Å². The van der Waals surface area contributed by atoms with Crippen molar-refractivity contribution in [2.75, 3.05) is 30.3 Å². The molecule has 0 fully saturated rings. The van der Waals surface area contributed by atoms with Crippen molar-refractivity contribution in [3.05, 3.63) is 66.4 Å². The highest BCUT2D eigenvalue weighted by Crippen LogP contribution is 2.21. The van der Waals surface area contributed by atoms with Gasteiger partial charge in [-0.15, -0.1) is 0 Å². The molecule has 3 aromatic rings. The van der Waals surface area contributed by atoms with Crippen molar-refractivity contribution in [3.8, 4) is 0 Å². The van der Waals surface area contributed by atoms with E-state index in [2.05, 4.69) is 30.0 Å².